The Bertz CT molecular complexity index is 1190. The van der Waals surface area contributed by atoms with Crippen LogP contribution in [0.3, 0.4) is 0 Å². The number of nitrogens with one attached hydrogen (secondary N) is 1. The lowest BCUT2D eigenvalue weighted by Crippen LogP contribution is -2.19. The number of nitrogens with zero attached hydrogens (tertiary/aromatic N) is 2. The highest BCUT2D eigenvalue weighted by atomic mass is 32.2. The molecule has 0 spiro atoms. The Labute approximate surface area is 181 Å². The molecular formula is C23H18F3N3OS. The monoisotopic (exact) mass is 441 g/mol. The maximum atomic E-state index is 12.9. The molecule has 1 amide bonds. The Kier molecular flexibility index (Phi) is 5.49. The molecule has 0 atom stereocenters. The minimum absolute atomic E-state index is 0.237. The van der Waals surface area contributed by atoms with Crippen LogP contribution in [0.1, 0.15) is 22.5 Å². The second-order valence-corrected chi connectivity index (χ2v) is 8.05. The summed E-state index contributed by atoms with van der Waals surface area (Å²) in [4.78, 5) is 17.3. The van der Waals surface area contributed by atoms with Crippen molar-refractivity contribution in [1.82, 2.24) is 9.88 Å². The Hall–Kier alpha value is -3.26. The topological polar surface area (TPSA) is 46.4 Å². The minimum Gasteiger partial charge on any atom is -0.318 e. The van der Waals surface area contributed by atoms with E-state index in [9.17, 15) is 18.0 Å². The molecule has 3 aromatic rings. The molecule has 1 aromatic heterocycles. The summed E-state index contributed by atoms with van der Waals surface area (Å²) in [5.41, 5.74) is 3.17. The van der Waals surface area contributed by atoms with E-state index in [-0.39, 0.29) is 5.91 Å². The molecular weight excluding hydrogens is 423 g/mol. The summed E-state index contributed by atoms with van der Waals surface area (Å²) in [5.74, 6) is -0.237. The Balaban J connectivity index is 1.62. The first-order chi connectivity index (χ1) is 14.7. The molecule has 1 fully saturated rings. The summed E-state index contributed by atoms with van der Waals surface area (Å²) >= 11 is 1.25. The van der Waals surface area contributed by atoms with Crippen LogP contribution in [0.15, 0.2) is 70.6 Å². The molecule has 0 saturated carbocycles. The number of thioether (sulfide) groups is 1. The number of alkyl halides is 3. The van der Waals surface area contributed by atoms with Gasteiger partial charge in [0.05, 0.1) is 16.2 Å². The summed E-state index contributed by atoms with van der Waals surface area (Å²) in [7, 11) is 0. The molecule has 2 heterocycles. The van der Waals surface area contributed by atoms with Crippen LogP contribution in [0.25, 0.3) is 11.8 Å². The van der Waals surface area contributed by atoms with Crippen molar-refractivity contribution in [2.24, 2.45) is 4.99 Å². The third kappa shape index (κ3) is 4.44. The molecule has 0 aliphatic carbocycles. The number of hydrogen-bond acceptors (Lipinski definition) is 3. The summed E-state index contributed by atoms with van der Waals surface area (Å²) in [6.45, 7) is 3.74. The average Bonchev–Trinajstić information content (AvgIpc) is 3.20. The zero-order valence-electron chi connectivity index (χ0n) is 16.7. The fourth-order valence-corrected chi connectivity index (χ4v) is 4.20. The zero-order chi connectivity index (χ0) is 22.2. The van der Waals surface area contributed by atoms with Gasteiger partial charge in [-0.1, -0.05) is 18.2 Å². The van der Waals surface area contributed by atoms with E-state index < -0.39 is 11.7 Å². The van der Waals surface area contributed by atoms with Crippen molar-refractivity contribution in [1.29, 1.82) is 0 Å². The van der Waals surface area contributed by atoms with Crippen LogP contribution in [0.2, 0.25) is 0 Å². The Morgan fingerprint density at radius 3 is 2.35 bits per heavy atom. The first kappa shape index (κ1) is 21.0. The summed E-state index contributed by atoms with van der Waals surface area (Å²) in [5, 5.41) is 3.26. The highest BCUT2D eigenvalue weighted by Crippen LogP contribution is 2.32. The van der Waals surface area contributed by atoms with Gasteiger partial charge in [-0.15, -0.1) is 0 Å². The van der Waals surface area contributed by atoms with Gasteiger partial charge >= 0.3 is 6.18 Å². The normalized spacial score (nSPS) is 16.9. The van der Waals surface area contributed by atoms with Crippen molar-refractivity contribution in [3.8, 4) is 5.69 Å². The van der Waals surface area contributed by atoms with E-state index >= 15 is 0 Å². The van der Waals surface area contributed by atoms with Crippen molar-refractivity contribution in [3.63, 3.8) is 0 Å². The number of rotatable bonds is 3. The lowest BCUT2D eigenvalue weighted by molar-refractivity contribution is -0.137. The van der Waals surface area contributed by atoms with Crippen molar-refractivity contribution < 1.29 is 18.0 Å². The molecule has 1 N–H and O–H groups in total. The van der Waals surface area contributed by atoms with E-state index in [0.29, 0.717) is 15.8 Å². The smallest absolute Gasteiger partial charge is 0.318 e. The first-order valence-corrected chi connectivity index (χ1v) is 10.3. The quantitative estimate of drug-likeness (QED) is 0.507. The van der Waals surface area contributed by atoms with Crippen molar-refractivity contribution in [3.05, 3.63) is 88.1 Å². The molecule has 1 aliphatic heterocycles. The number of aromatic nitrogens is 1. The van der Waals surface area contributed by atoms with Gasteiger partial charge in [-0.3, -0.25) is 4.79 Å². The number of carbonyl (C=O) groups excluding carboxylic acids is 1. The molecule has 0 unspecified atom stereocenters. The van der Waals surface area contributed by atoms with Gasteiger partial charge in [-0.25, -0.2) is 4.99 Å². The van der Waals surface area contributed by atoms with Gasteiger partial charge in [0.2, 0.25) is 0 Å². The molecule has 31 heavy (non-hydrogen) atoms. The summed E-state index contributed by atoms with van der Waals surface area (Å²) in [6, 6.07) is 16.3. The lowest BCUT2D eigenvalue weighted by Gasteiger charge is -2.12. The first-order valence-electron chi connectivity index (χ1n) is 9.43. The van der Waals surface area contributed by atoms with Gasteiger partial charge in [0.25, 0.3) is 5.91 Å². The van der Waals surface area contributed by atoms with E-state index in [2.05, 4.69) is 10.3 Å². The van der Waals surface area contributed by atoms with Crippen molar-refractivity contribution in [2.75, 3.05) is 0 Å². The molecule has 1 saturated heterocycles. The third-order valence-corrected chi connectivity index (χ3v) is 5.76. The number of amides is 1. The minimum atomic E-state index is -4.37. The molecule has 4 nitrogen and oxygen atoms in total. The maximum absolute atomic E-state index is 12.9. The second kappa shape index (κ2) is 8.11. The van der Waals surface area contributed by atoms with Gasteiger partial charge in [0.1, 0.15) is 0 Å². The predicted molar refractivity (Wildman–Crippen MR) is 117 cm³/mol. The van der Waals surface area contributed by atoms with Gasteiger partial charge in [0.15, 0.2) is 5.17 Å². The number of aryl methyl sites for hydroxylation is 1. The molecule has 2 aromatic carbocycles. The van der Waals surface area contributed by atoms with E-state index in [1.807, 2.05) is 54.8 Å². The van der Waals surface area contributed by atoms with Crippen LogP contribution in [-0.2, 0) is 11.0 Å². The summed E-state index contributed by atoms with van der Waals surface area (Å²) in [6.07, 6.45) is -2.60. The fourth-order valence-electron chi connectivity index (χ4n) is 3.37. The lowest BCUT2D eigenvalue weighted by atomic mass is 10.2. The number of halogens is 3. The fraction of sp³-hybridized carbons (Fsp3) is 0.130. The van der Waals surface area contributed by atoms with E-state index in [4.69, 9.17) is 0 Å². The SMILES string of the molecule is Cc1cc(/C=C2\SC(=Nc3ccccc3)NC2=O)c(C)n1-c1ccc(C(F)(F)F)cc1. The van der Waals surface area contributed by atoms with Crippen LogP contribution in [0.5, 0.6) is 0 Å². The maximum Gasteiger partial charge on any atom is 0.416 e. The number of amidine groups is 1. The standard InChI is InChI=1S/C23H18F3N3OS/c1-14-12-16(15(2)29(14)19-10-8-17(9-11-19)23(24,25)26)13-20-21(30)28-22(31-20)27-18-6-4-3-5-7-18/h3-13H,1-2H3,(H,27,28,30)/b20-13-. The number of hydrogen-bond donors (Lipinski definition) is 1. The van der Waals surface area contributed by atoms with Gasteiger partial charge in [-0.2, -0.15) is 13.2 Å². The van der Waals surface area contributed by atoms with E-state index in [1.165, 1.54) is 23.9 Å². The van der Waals surface area contributed by atoms with Crippen LogP contribution in [-0.4, -0.2) is 15.6 Å². The highest BCUT2D eigenvalue weighted by Gasteiger charge is 2.30. The molecule has 0 bridgehead atoms. The molecule has 8 heteroatoms. The Morgan fingerprint density at radius 2 is 1.71 bits per heavy atom. The Morgan fingerprint density at radius 1 is 1.03 bits per heavy atom. The van der Waals surface area contributed by atoms with Crippen LogP contribution < -0.4 is 5.32 Å². The van der Waals surface area contributed by atoms with Crippen LogP contribution >= 0.6 is 11.8 Å². The third-order valence-electron chi connectivity index (χ3n) is 4.85. The number of carbonyl (C=O) groups is 1. The van der Waals surface area contributed by atoms with E-state index in [1.54, 1.807) is 6.08 Å². The molecule has 1 aliphatic rings. The van der Waals surface area contributed by atoms with Crippen LogP contribution in [0, 0.1) is 13.8 Å². The number of para-hydroxylation sites is 1. The van der Waals surface area contributed by atoms with Crippen LogP contribution in [0.4, 0.5) is 18.9 Å². The second-order valence-electron chi connectivity index (χ2n) is 7.02. The highest BCUT2D eigenvalue weighted by molar-refractivity contribution is 8.18. The molecule has 4 rings (SSSR count). The largest absolute Gasteiger partial charge is 0.416 e. The number of aliphatic imine (C=N–C) groups is 1. The van der Waals surface area contributed by atoms with Crippen molar-refractivity contribution >= 4 is 34.6 Å². The molecule has 158 valence electrons. The number of benzene rings is 2. The average molecular weight is 441 g/mol. The molecule has 0 radical (unpaired) electrons. The predicted octanol–water partition coefficient (Wildman–Crippen LogP) is 6.00. The van der Waals surface area contributed by atoms with Gasteiger partial charge in [0, 0.05) is 17.1 Å². The van der Waals surface area contributed by atoms with Crippen molar-refractivity contribution in [2.45, 2.75) is 20.0 Å². The zero-order valence-corrected chi connectivity index (χ0v) is 17.5. The van der Waals surface area contributed by atoms with E-state index in [0.717, 1.165) is 34.8 Å². The summed E-state index contributed by atoms with van der Waals surface area (Å²) < 4.78 is 40.4. The van der Waals surface area contributed by atoms with Gasteiger partial charge < -0.3 is 9.88 Å². The van der Waals surface area contributed by atoms with Gasteiger partial charge in [-0.05, 0) is 79.7 Å².